The quantitative estimate of drug-likeness (QED) is 0.934. The molecule has 1 fully saturated rings. The summed E-state index contributed by atoms with van der Waals surface area (Å²) in [7, 11) is 0. The Balaban J connectivity index is 2.00. The fourth-order valence-corrected chi connectivity index (χ4v) is 3.58. The van der Waals surface area contributed by atoms with Gasteiger partial charge in [-0.1, -0.05) is 6.07 Å². The van der Waals surface area contributed by atoms with Crippen molar-refractivity contribution in [3.05, 3.63) is 57.5 Å². The predicted octanol–water partition coefficient (Wildman–Crippen LogP) is 3.19. The fraction of sp³-hybridized carbons (Fsp3) is 0.375. The van der Waals surface area contributed by atoms with E-state index in [1.807, 2.05) is 13.0 Å². The molecule has 1 saturated heterocycles. The van der Waals surface area contributed by atoms with Gasteiger partial charge in [0, 0.05) is 26.2 Å². The number of nitrogens with zero attached hydrogens (tertiary/aromatic N) is 1. The van der Waals surface area contributed by atoms with Crippen LogP contribution in [0.25, 0.3) is 0 Å². The third-order valence-corrected chi connectivity index (χ3v) is 4.60. The van der Waals surface area contributed by atoms with Crippen molar-refractivity contribution in [3.63, 3.8) is 0 Å². The molecule has 0 saturated carbocycles. The van der Waals surface area contributed by atoms with Crippen molar-refractivity contribution in [2.75, 3.05) is 26.2 Å². The van der Waals surface area contributed by atoms with Crippen LogP contribution in [0.2, 0.25) is 0 Å². The van der Waals surface area contributed by atoms with Gasteiger partial charge in [-0.15, -0.1) is 0 Å². The first-order valence-corrected chi connectivity index (χ1v) is 7.93. The van der Waals surface area contributed by atoms with Crippen LogP contribution >= 0.6 is 11.3 Å². The summed E-state index contributed by atoms with van der Waals surface area (Å²) in [5, 5.41) is 7.71. The van der Waals surface area contributed by atoms with Crippen molar-refractivity contribution < 1.29 is 4.39 Å². The number of benzene rings is 1. The number of thiophene rings is 1. The minimum absolute atomic E-state index is 0.157. The topological polar surface area (TPSA) is 15.3 Å². The van der Waals surface area contributed by atoms with Gasteiger partial charge in [0.1, 0.15) is 5.82 Å². The molecule has 1 N–H and O–H groups in total. The molecule has 0 unspecified atom stereocenters. The highest BCUT2D eigenvalue weighted by molar-refractivity contribution is 7.08. The van der Waals surface area contributed by atoms with Crippen LogP contribution in [0.15, 0.2) is 35.0 Å². The molecule has 1 aromatic heterocycles. The smallest absolute Gasteiger partial charge is 0.123 e. The molecule has 1 aliphatic rings. The Morgan fingerprint density at radius 1 is 1.25 bits per heavy atom. The van der Waals surface area contributed by atoms with Crippen LogP contribution in [-0.4, -0.2) is 31.1 Å². The van der Waals surface area contributed by atoms with Crippen molar-refractivity contribution in [1.82, 2.24) is 10.2 Å². The molecule has 0 bridgehead atoms. The average Bonchev–Trinajstić information content (AvgIpc) is 2.97. The summed E-state index contributed by atoms with van der Waals surface area (Å²) < 4.78 is 13.4. The second-order valence-electron chi connectivity index (χ2n) is 5.25. The van der Waals surface area contributed by atoms with E-state index in [9.17, 15) is 4.39 Å². The lowest BCUT2D eigenvalue weighted by Gasteiger charge is -2.35. The molecule has 2 aromatic rings. The van der Waals surface area contributed by atoms with E-state index in [2.05, 4.69) is 27.0 Å². The number of aryl methyl sites for hydroxylation is 1. The van der Waals surface area contributed by atoms with Gasteiger partial charge in [0.15, 0.2) is 0 Å². The SMILES string of the molecule is Cc1cc(F)ccc1[C@H](c1ccsc1)N1CCNCC1. The zero-order valence-electron chi connectivity index (χ0n) is 11.6. The average molecular weight is 290 g/mol. The minimum atomic E-state index is -0.157. The summed E-state index contributed by atoms with van der Waals surface area (Å²) in [6, 6.07) is 7.57. The maximum atomic E-state index is 13.4. The molecule has 0 radical (unpaired) electrons. The maximum absolute atomic E-state index is 13.4. The minimum Gasteiger partial charge on any atom is -0.314 e. The summed E-state index contributed by atoms with van der Waals surface area (Å²) in [6.45, 7) is 6.08. The molecule has 1 atom stereocenters. The van der Waals surface area contributed by atoms with E-state index < -0.39 is 0 Å². The van der Waals surface area contributed by atoms with E-state index >= 15 is 0 Å². The van der Waals surface area contributed by atoms with Gasteiger partial charge in [0.05, 0.1) is 6.04 Å². The summed E-state index contributed by atoms with van der Waals surface area (Å²) in [5.74, 6) is -0.157. The number of nitrogens with one attached hydrogen (secondary N) is 1. The van der Waals surface area contributed by atoms with E-state index in [-0.39, 0.29) is 11.9 Å². The third-order valence-electron chi connectivity index (χ3n) is 3.90. The Bertz CT molecular complexity index is 562. The number of hydrogen-bond donors (Lipinski definition) is 1. The van der Waals surface area contributed by atoms with Crippen LogP contribution < -0.4 is 5.32 Å². The van der Waals surface area contributed by atoms with Gasteiger partial charge in [-0.05, 0) is 52.6 Å². The fourth-order valence-electron chi connectivity index (χ4n) is 2.90. The first-order chi connectivity index (χ1) is 9.75. The molecule has 0 amide bonds. The van der Waals surface area contributed by atoms with E-state index in [1.54, 1.807) is 23.5 Å². The second kappa shape index (κ2) is 6.04. The first-order valence-electron chi connectivity index (χ1n) is 6.98. The van der Waals surface area contributed by atoms with E-state index in [1.165, 1.54) is 11.1 Å². The Labute approximate surface area is 123 Å². The largest absolute Gasteiger partial charge is 0.314 e. The van der Waals surface area contributed by atoms with Crippen LogP contribution in [0.3, 0.4) is 0 Å². The van der Waals surface area contributed by atoms with E-state index in [0.717, 1.165) is 31.7 Å². The Morgan fingerprint density at radius 3 is 2.70 bits per heavy atom. The standard InChI is InChI=1S/C16H19FN2S/c1-12-10-14(17)2-3-15(12)16(13-4-9-20-11-13)19-7-5-18-6-8-19/h2-4,9-11,16,18H,5-8H2,1H3/t16-/m0/s1. The molecule has 2 nitrogen and oxygen atoms in total. The number of hydrogen-bond acceptors (Lipinski definition) is 3. The molecule has 0 spiro atoms. The molecule has 1 aromatic carbocycles. The molecule has 1 aliphatic heterocycles. The van der Waals surface area contributed by atoms with Gasteiger partial charge in [-0.25, -0.2) is 4.39 Å². The van der Waals surface area contributed by atoms with Gasteiger partial charge >= 0.3 is 0 Å². The lowest BCUT2D eigenvalue weighted by Crippen LogP contribution is -2.45. The summed E-state index contributed by atoms with van der Waals surface area (Å²) in [6.07, 6.45) is 0. The van der Waals surface area contributed by atoms with Crippen molar-refractivity contribution >= 4 is 11.3 Å². The zero-order chi connectivity index (χ0) is 13.9. The van der Waals surface area contributed by atoms with Crippen molar-refractivity contribution in [2.45, 2.75) is 13.0 Å². The molecule has 4 heteroatoms. The van der Waals surface area contributed by atoms with Gasteiger partial charge in [-0.3, -0.25) is 4.90 Å². The first kappa shape index (κ1) is 13.7. The van der Waals surface area contributed by atoms with Crippen LogP contribution in [0.4, 0.5) is 4.39 Å². The van der Waals surface area contributed by atoms with E-state index in [0.29, 0.717) is 0 Å². The monoisotopic (exact) mass is 290 g/mol. The molecule has 106 valence electrons. The van der Waals surface area contributed by atoms with Crippen molar-refractivity contribution in [2.24, 2.45) is 0 Å². The Kier molecular flexibility index (Phi) is 4.15. The summed E-state index contributed by atoms with van der Waals surface area (Å²) in [5.41, 5.74) is 3.55. The number of halogens is 1. The molecule has 20 heavy (non-hydrogen) atoms. The van der Waals surface area contributed by atoms with Crippen molar-refractivity contribution in [3.8, 4) is 0 Å². The van der Waals surface area contributed by atoms with Crippen LogP contribution in [-0.2, 0) is 0 Å². The summed E-state index contributed by atoms with van der Waals surface area (Å²) in [4.78, 5) is 2.48. The normalized spacial score (nSPS) is 18.1. The number of rotatable bonds is 3. The Hall–Kier alpha value is -1.23. The van der Waals surface area contributed by atoms with Crippen molar-refractivity contribution in [1.29, 1.82) is 0 Å². The molecule has 2 heterocycles. The number of piperazine rings is 1. The lowest BCUT2D eigenvalue weighted by atomic mass is 9.95. The highest BCUT2D eigenvalue weighted by Crippen LogP contribution is 2.32. The maximum Gasteiger partial charge on any atom is 0.123 e. The Morgan fingerprint density at radius 2 is 2.05 bits per heavy atom. The van der Waals surface area contributed by atoms with E-state index in [4.69, 9.17) is 0 Å². The second-order valence-corrected chi connectivity index (χ2v) is 6.03. The van der Waals surface area contributed by atoms with Crippen LogP contribution in [0.5, 0.6) is 0 Å². The third kappa shape index (κ3) is 2.77. The molecule has 0 aliphatic carbocycles. The van der Waals surface area contributed by atoms with Gasteiger partial charge in [-0.2, -0.15) is 11.3 Å². The molecule has 3 rings (SSSR count). The van der Waals surface area contributed by atoms with Gasteiger partial charge in [0.25, 0.3) is 0 Å². The van der Waals surface area contributed by atoms with Crippen LogP contribution in [0, 0.1) is 12.7 Å². The highest BCUT2D eigenvalue weighted by Gasteiger charge is 2.25. The van der Waals surface area contributed by atoms with Gasteiger partial charge in [0.2, 0.25) is 0 Å². The van der Waals surface area contributed by atoms with Crippen LogP contribution in [0.1, 0.15) is 22.7 Å². The van der Waals surface area contributed by atoms with Gasteiger partial charge < -0.3 is 5.32 Å². The summed E-state index contributed by atoms with van der Waals surface area (Å²) >= 11 is 1.72. The lowest BCUT2D eigenvalue weighted by molar-refractivity contribution is 0.198. The highest BCUT2D eigenvalue weighted by atomic mass is 32.1. The zero-order valence-corrected chi connectivity index (χ0v) is 12.4. The molecular weight excluding hydrogens is 271 g/mol. The molecular formula is C16H19FN2S. The predicted molar refractivity (Wildman–Crippen MR) is 81.7 cm³/mol.